The zero-order valence-electron chi connectivity index (χ0n) is 17.0. The van der Waals surface area contributed by atoms with Crippen molar-refractivity contribution >= 4 is 18.7 Å². The minimum Gasteiger partial charge on any atom is -0.407 e. The first-order valence-electron chi connectivity index (χ1n) is 10.3. The van der Waals surface area contributed by atoms with Gasteiger partial charge in [0, 0.05) is 13.2 Å². The van der Waals surface area contributed by atoms with E-state index in [1.165, 1.54) is 23.2 Å². The van der Waals surface area contributed by atoms with Crippen molar-refractivity contribution in [3.05, 3.63) is 60.7 Å². The Labute approximate surface area is 165 Å². The van der Waals surface area contributed by atoms with Crippen molar-refractivity contribution in [2.45, 2.75) is 51.5 Å². The van der Waals surface area contributed by atoms with Gasteiger partial charge in [-0.3, -0.25) is 0 Å². The van der Waals surface area contributed by atoms with Crippen LogP contribution in [0.25, 0.3) is 0 Å². The van der Waals surface area contributed by atoms with Crippen LogP contribution in [0, 0.1) is 11.8 Å². The van der Waals surface area contributed by atoms with Gasteiger partial charge in [0.2, 0.25) is 0 Å². The second-order valence-corrected chi connectivity index (χ2v) is 13.3. The third kappa shape index (κ3) is 4.71. The van der Waals surface area contributed by atoms with Crippen LogP contribution >= 0.6 is 0 Å². The molecule has 2 aromatic carbocycles. The Bertz CT molecular complexity index is 650. The van der Waals surface area contributed by atoms with Crippen molar-refractivity contribution in [2.75, 3.05) is 13.2 Å². The average Bonchev–Trinajstić information content (AvgIpc) is 3.49. The second kappa shape index (κ2) is 8.72. The molecule has 1 N–H and O–H groups in total. The van der Waals surface area contributed by atoms with E-state index in [1.807, 2.05) is 0 Å². The molecule has 3 rings (SSSR count). The van der Waals surface area contributed by atoms with Crippen molar-refractivity contribution in [3.63, 3.8) is 0 Å². The summed E-state index contributed by atoms with van der Waals surface area (Å²) < 4.78 is 6.93. The SMILES string of the molecule is CC(C)(C)[Si](OCC[C@@H](CO)CC1CC1)(c1ccccc1)c1ccccc1. The third-order valence-electron chi connectivity index (χ3n) is 5.88. The van der Waals surface area contributed by atoms with Crippen molar-refractivity contribution < 1.29 is 9.53 Å². The molecule has 0 spiro atoms. The highest BCUT2D eigenvalue weighted by molar-refractivity contribution is 6.99. The van der Waals surface area contributed by atoms with Gasteiger partial charge in [0.15, 0.2) is 0 Å². The van der Waals surface area contributed by atoms with Crippen molar-refractivity contribution in [1.29, 1.82) is 0 Å². The van der Waals surface area contributed by atoms with Gasteiger partial charge in [-0.05, 0) is 40.1 Å². The van der Waals surface area contributed by atoms with Crippen LogP contribution in [0.15, 0.2) is 60.7 Å². The van der Waals surface area contributed by atoms with Crippen LogP contribution in [-0.4, -0.2) is 26.6 Å². The van der Waals surface area contributed by atoms with E-state index in [2.05, 4.69) is 81.4 Å². The predicted molar refractivity (Wildman–Crippen MR) is 116 cm³/mol. The van der Waals surface area contributed by atoms with Crippen LogP contribution < -0.4 is 10.4 Å². The van der Waals surface area contributed by atoms with E-state index < -0.39 is 8.32 Å². The lowest BCUT2D eigenvalue weighted by Gasteiger charge is -2.43. The summed E-state index contributed by atoms with van der Waals surface area (Å²) in [6.45, 7) is 7.93. The highest BCUT2D eigenvalue weighted by Crippen LogP contribution is 2.38. The summed E-state index contributed by atoms with van der Waals surface area (Å²) in [6.07, 6.45) is 4.77. The fraction of sp³-hybridized carbons (Fsp3) is 0.500. The quantitative estimate of drug-likeness (QED) is 0.653. The average molecular weight is 383 g/mol. The number of benzene rings is 2. The lowest BCUT2D eigenvalue weighted by atomic mass is 10.0. The predicted octanol–water partition coefficient (Wildman–Crippen LogP) is 4.36. The van der Waals surface area contributed by atoms with E-state index in [9.17, 15) is 5.11 Å². The Kier molecular flexibility index (Phi) is 6.56. The van der Waals surface area contributed by atoms with E-state index in [-0.39, 0.29) is 11.6 Å². The van der Waals surface area contributed by atoms with Gasteiger partial charge in [0.25, 0.3) is 8.32 Å². The highest BCUT2D eigenvalue weighted by Gasteiger charge is 2.50. The molecule has 1 atom stereocenters. The Morgan fingerprint density at radius 1 is 0.963 bits per heavy atom. The van der Waals surface area contributed by atoms with Crippen molar-refractivity contribution in [3.8, 4) is 0 Å². The van der Waals surface area contributed by atoms with Gasteiger partial charge < -0.3 is 9.53 Å². The molecule has 1 saturated carbocycles. The minimum atomic E-state index is -2.43. The zero-order valence-corrected chi connectivity index (χ0v) is 18.0. The first kappa shape index (κ1) is 20.3. The molecule has 2 nitrogen and oxygen atoms in total. The lowest BCUT2D eigenvalue weighted by molar-refractivity contribution is 0.176. The molecular weight excluding hydrogens is 348 g/mol. The first-order chi connectivity index (χ1) is 13.0. The molecular formula is C24H34O2Si. The fourth-order valence-electron chi connectivity index (χ4n) is 4.25. The summed E-state index contributed by atoms with van der Waals surface area (Å²) >= 11 is 0. The van der Waals surface area contributed by atoms with Crippen LogP contribution in [0.2, 0.25) is 5.04 Å². The molecule has 0 bridgehead atoms. The van der Waals surface area contributed by atoms with E-state index >= 15 is 0 Å². The largest absolute Gasteiger partial charge is 0.407 e. The summed E-state index contributed by atoms with van der Waals surface area (Å²) in [5.41, 5.74) is 0. The Morgan fingerprint density at radius 3 is 1.89 bits per heavy atom. The number of rotatable bonds is 9. The number of hydrogen-bond donors (Lipinski definition) is 1. The van der Waals surface area contributed by atoms with Crippen molar-refractivity contribution in [2.24, 2.45) is 11.8 Å². The van der Waals surface area contributed by atoms with Gasteiger partial charge in [0.1, 0.15) is 0 Å². The number of hydrogen-bond acceptors (Lipinski definition) is 2. The van der Waals surface area contributed by atoms with Gasteiger partial charge in [-0.1, -0.05) is 94.3 Å². The van der Waals surface area contributed by atoms with E-state index in [1.54, 1.807) is 0 Å². The van der Waals surface area contributed by atoms with Crippen LogP contribution in [0.3, 0.4) is 0 Å². The van der Waals surface area contributed by atoms with Crippen LogP contribution in [0.1, 0.15) is 46.5 Å². The molecule has 0 aliphatic heterocycles. The maximum atomic E-state index is 9.78. The standard InChI is InChI=1S/C24H34O2Si/c1-24(2,3)27(22-10-6-4-7-11-22,23-12-8-5-9-13-23)26-17-16-21(19-25)18-20-14-15-20/h4-13,20-21,25H,14-19H2,1-3H3/t21-/m1/s1. The van der Waals surface area contributed by atoms with Gasteiger partial charge in [-0.15, -0.1) is 0 Å². The topological polar surface area (TPSA) is 29.5 Å². The number of aliphatic hydroxyl groups is 1. The molecule has 0 amide bonds. The number of aliphatic hydroxyl groups excluding tert-OH is 1. The summed E-state index contributed by atoms with van der Waals surface area (Å²) in [5, 5.41) is 12.4. The first-order valence-corrected chi connectivity index (χ1v) is 12.2. The normalized spacial score (nSPS) is 16.3. The summed E-state index contributed by atoms with van der Waals surface area (Å²) in [4.78, 5) is 0. The summed E-state index contributed by atoms with van der Waals surface area (Å²) in [7, 11) is -2.43. The van der Waals surface area contributed by atoms with E-state index in [0.717, 1.165) is 18.8 Å². The Hall–Kier alpha value is -1.42. The molecule has 0 heterocycles. The molecule has 2 aromatic rings. The molecule has 0 aromatic heterocycles. The lowest BCUT2D eigenvalue weighted by Crippen LogP contribution is -2.66. The molecule has 1 fully saturated rings. The van der Waals surface area contributed by atoms with Crippen LogP contribution in [-0.2, 0) is 4.43 Å². The second-order valence-electron chi connectivity index (χ2n) is 9.03. The maximum absolute atomic E-state index is 9.78. The monoisotopic (exact) mass is 382 g/mol. The van der Waals surface area contributed by atoms with Crippen LogP contribution in [0.4, 0.5) is 0 Å². The molecule has 146 valence electrons. The molecule has 1 aliphatic carbocycles. The minimum absolute atomic E-state index is 0.0148. The van der Waals surface area contributed by atoms with E-state index in [0.29, 0.717) is 12.5 Å². The zero-order chi connectivity index (χ0) is 19.3. The molecule has 27 heavy (non-hydrogen) atoms. The maximum Gasteiger partial charge on any atom is 0.261 e. The van der Waals surface area contributed by atoms with Gasteiger partial charge >= 0.3 is 0 Å². The van der Waals surface area contributed by atoms with E-state index in [4.69, 9.17) is 4.43 Å². The van der Waals surface area contributed by atoms with Crippen molar-refractivity contribution in [1.82, 2.24) is 0 Å². The van der Waals surface area contributed by atoms with Gasteiger partial charge in [0.05, 0.1) is 0 Å². The Balaban J connectivity index is 1.89. The highest BCUT2D eigenvalue weighted by atomic mass is 28.4. The molecule has 0 unspecified atom stereocenters. The molecule has 0 radical (unpaired) electrons. The summed E-state index contributed by atoms with van der Waals surface area (Å²) in [6, 6.07) is 21.6. The fourth-order valence-corrected chi connectivity index (χ4v) is 8.83. The summed E-state index contributed by atoms with van der Waals surface area (Å²) in [5.74, 6) is 1.21. The molecule has 1 aliphatic rings. The molecule has 3 heteroatoms. The third-order valence-corrected chi connectivity index (χ3v) is 10.9. The molecule has 0 saturated heterocycles. The van der Waals surface area contributed by atoms with Gasteiger partial charge in [-0.25, -0.2) is 0 Å². The van der Waals surface area contributed by atoms with Gasteiger partial charge in [-0.2, -0.15) is 0 Å². The Morgan fingerprint density at radius 2 is 1.48 bits per heavy atom. The smallest absolute Gasteiger partial charge is 0.261 e. The van der Waals surface area contributed by atoms with Crippen LogP contribution in [0.5, 0.6) is 0 Å².